The Morgan fingerprint density at radius 3 is 1.30 bits per heavy atom. The lowest BCUT2D eigenvalue weighted by Gasteiger charge is -2.35. The van der Waals surface area contributed by atoms with Crippen molar-refractivity contribution in [2.75, 3.05) is 9.80 Å². The first-order valence-electron chi connectivity index (χ1n) is 24.3. The maximum absolute atomic E-state index is 2.46. The topological polar surface area (TPSA) is 6.48 Å². The van der Waals surface area contributed by atoms with Crippen molar-refractivity contribution in [3.05, 3.63) is 307 Å². The van der Waals surface area contributed by atoms with Crippen LogP contribution in [0.4, 0.5) is 28.4 Å². The molecule has 0 bridgehead atoms. The van der Waals surface area contributed by atoms with E-state index in [0.29, 0.717) is 0 Å². The molecule has 1 aliphatic carbocycles. The third kappa shape index (κ3) is 6.95. The number of hydrogen-bond acceptors (Lipinski definition) is 2. The first-order chi connectivity index (χ1) is 34.7. The van der Waals surface area contributed by atoms with Crippen molar-refractivity contribution in [2.45, 2.75) is 12.0 Å². The van der Waals surface area contributed by atoms with Crippen LogP contribution in [0.5, 0.6) is 0 Å². The molecule has 70 heavy (non-hydrogen) atoms. The molecule has 13 rings (SSSR count). The summed E-state index contributed by atoms with van der Waals surface area (Å²) in [7, 11) is 0. The minimum atomic E-state index is -0.436. The molecule has 11 aromatic rings. The van der Waals surface area contributed by atoms with Gasteiger partial charge < -0.3 is 9.80 Å². The van der Waals surface area contributed by atoms with Crippen LogP contribution < -0.4 is 9.80 Å². The van der Waals surface area contributed by atoms with Gasteiger partial charge in [0.2, 0.25) is 0 Å². The zero-order valence-corrected chi connectivity index (χ0v) is 38.7. The second kappa shape index (κ2) is 17.3. The molecule has 0 saturated heterocycles. The molecule has 1 aliphatic heterocycles. The van der Waals surface area contributed by atoms with Crippen LogP contribution >= 0.6 is 0 Å². The zero-order chi connectivity index (χ0) is 46.4. The van der Waals surface area contributed by atoms with E-state index < -0.39 is 5.41 Å². The van der Waals surface area contributed by atoms with Gasteiger partial charge in [0.1, 0.15) is 0 Å². The van der Waals surface area contributed by atoms with Crippen LogP contribution in [0.1, 0.15) is 27.8 Å². The highest BCUT2D eigenvalue weighted by Crippen LogP contribution is 2.56. The summed E-state index contributed by atoms with van der Waals surface area (Å²) >= 11 is 0. The summed E-state index contributed by atoms with van der Waals surface area (Å²) in [5, 5.41) is 0. The van der Waals surface area contributed by atoms with Gasteiger partial charge in [-0.25, -0.2) is 0 Å². The van der Waals surface area contributed by atoms with Crippen LogP contribution in [-0.2, 0) is 12.0 Å². The number of benzene rings is 11. The fraction of sp³-hybridized carbons (Fsp3) is 0.0294. The van der Waals surface area contributed by atoms with Crippen molar-refractivity contribution in [1.82, 2.24) is 0 Å². The van der Waals surface area contributed by atoms with Gasteiger partial charge in [-0.1, -0.05) is 218 Å². The molecule has 2 aliphatic rings. The summed E-state index contributed by atoms with van der Waals surface area (Å²) in [4.78, 5) is 4.86. The van der Waals surface area contributed by atoms with Crippen molar-refractivity contribution in [1.29, 1.82) is 0 Å². The molecule has 11 aromatic carbocycles. The van der Waals surface area contributed by atoms with Gasteiger partial charge in [0.05, 0.1) is 5.41 Å². The normalized spacial score (nSPS) is 12.9. The van der Waals surface area contributed by atoms with Crippen LogP contribution in [0.15, 0.2) is 279 Å². The van der Waals surface area contributed by atoms with E-state index in [1.165, 1.54) is 94.8 Å². The third-order valence-corrected chi connectivity index (χ3v) is 14.6. The maximum atomic E-state index is 2.46. The number of rotatable bonds is 9. The van der Waals surface area contributed by atoms with Crippen LogP contribution in [0.25, 0.3) is 55.6 Å². The molecule has 330 valence electrons. The molecule has 1 heterocycles. The number of nitrogens with zero attached hydrogens (tertiary/aromatic N) is 2. The molecule has 0 saturated carbocycles. The van der Waals surface area contributed by atoms with E-state index >= 15 is 0 Å². The minimum Gasteiger partial charge on any atom is -0.336 e. The summed E-state index contributed by atoms with van der Waals surface area (Å²) < 4.78 is 0. The predicted octanol–water partition coefficient (Wildman–Crippen LogP) is 17.8. The fourth-order valence-electron chi connectivity index (χ4n) is 11.3. The molecule has 2 heteroatoms. The van der Waals surface area contributed by atoms with Gasteiger partial charge in [0.25, 0.3) is 0 Å². The van der Waals surface area contributed by atoms with Gasteiger partial charge in [-0.2, -0.15) is 0 Å². The van der Waals surface area contributed by atoms with Crippen LogP contribution in [-0.4, -0.2) is 0 Å². The summed E-state index contributed by atoms with van der Waals surface area (Å²) in [6, 6.07) is 103. The SMILES string of the molecule is c1ccc(-c2ccc(N(c3ccc(-c4ccccc4)cc3)c3ccc4c(c3)-c3cc(-c5ccc(C6(c7ccccc7)c7ccccc7-c7ccccc76)cc5)ccc3CN4c3ccccc3)cc2)cc1. The van der Waals surface area contributed by atoms with E-state index in [2.05, 4.69) is 289 Å². The van der Waals surface area contributed by atoms with Gasteiger partial charge in [0.15, 0.2) is 0 Å². The van der Waals surface area contributed by atoms with Gasteiger partial charge in [0, 0.05) is 40.5 Å². The van der Waals surface area contributed by atoms with Gasteiger partial charge in [-0.15, -0.1) is 0 Å². The Balaban J connectivity index is 0.934. The molecular formula is C68H48N2. The molecular weight excluding hydrogens is 845 g/mol. The average molecular weight is 893 g/mol. The lowest BCUT2D eigenvalue weighted by Crippen LogP contribution is -2.28. The molecule has 2 nitrogen and oxygen atoms in total. The van der Waals surface area contributed by atoms with Crippen molar-refractivity contribution in [3.63, 3.8) is 0 Å². The van der Waals surface area contributed by atoms with Crippen molar-refractivity contribution in [2.24, 2.45) is 0 Å². The number of hydrogen-bond donors (Lipinski definition) is 0. The Hall–Kier alpha value is -8.98. The van der Waals surface area contributed by atoms with Crippen LogP contribution in [0.2, 0.25) is 0 Å². The lowest BCUT2D eigenvalue weighted by atomic mass is 9.67. The smallest absolute Gasteiger partial charge is 0.0713 e. The summed E-state index contributed by atoms with van der Waals surface area (Å²) in [6.45, 7) is 0.773. The first-order valence-corrected chi connectivity index (χ1v) is 24.3. The Morgan fingerprint density at radius 1 is 0.300 bits per heavy atom. The molecule has 0 N–H and O–H groups in total. The Bertz CT molecular complexity index is 3510. The quantitative estimate of drug-likeness (QED) is 0.142. The van der Waals surface area contributed by atoms with E-state index in [1.807, 2.05) is 0 Å². The predicted molar refractivity (Wildman–Crippen MR) is 292 cm³/mol. The van der Waals surface area contributed by atoms with E-state index in [-0.39, 0.29) is 0 Å². The van der Waals surface area contributed by atoms with E-state index in [4.69, 9.17) is 0 Å². The highest BCUT2D eigenvalue weighted by molar-refractivity contribution is 5.93. The average Bonchev–Trinajstić information content (AvgIpc) is 3.75. The fourth-order valence-corrected chi connectivity index (χ4v) is 11.3. The van der Waals surface area contributed by atoms with Crippen molar-refractivity contribution < 1.29 is 0 Å². The molecule has 0 amide bonds. The third-order valence-electron chi connectivity index (χ3n) is 14.6. The first kappa shape index (κ1) is 41.2. The summed E-state index contributed by atoms with van der Waals surface area (Å²) in [5.41, 5.74) is 23.9. The molecule has 0 unspecified atom stereocenters. The van der Waals surface area contributed by atoms with Gasteiger partial charge in [-0.05, 0) is 139 Å². The standard InChI is InChI=1S/C68H48N2/c1-5-17-48(18-6-1)50-33-39-58(40-34-50)70(59-41-35-51(36-42-59)49-19-7-2-8-20-49)60-43-44-67-64(46-60)63-45-53(29-30-54(63)47-69(67)57-23-11-4-12-24-57)52-31-37-56(38-32-52)68(55-21-9-3-10-22-55)65-27-15-13-25-61(65)62-26-14-16-28-66(62)68/h1-46H,47H2. The minimum absolute atomic E-state index is 0.436. The second-order valence-electron chi connectivity index (χ2n) is 18.4. The molecule has 0 aromatic heterocycles. The van der Waals surface area contributed by atoms with Crippen molar-refractivity contribution >= 4 is 28.4 Å². The second-order valence-corrected chi connectivity index (χ2v) is 18.4. The molecule has 0 atom stereocenters. The highest BCUT2D eigenvalue weighted by atomic mass is 15.2. The maximum Gasteiger partial charge on any atom is 0.0713 e. The zero-order valence-electron chi connectivity index (χ0n) is 38.7. The summed E-state index contributed by atoms with van der Waals surface area (Å²) in [5.74, 6) is 0. The van der Waals surface area contributed by atoms with E-state index in [0.717, 1.165) is 23.6 Å². The molecule has 0 radical (unpaired) electrons. The van der Waals surface area contributed by atoms with Crippen LogP contribution in [0, 0.1) is 0 Å². The number of para-hydroxylation sites is 1. The Kier molecular flexibility index (Phi) is 10.2. The summed E-state index contributed by atoms with van der Waals surface area (Å²) in [6.07, 6.45) is 0. The Morgan fingerprint density at radius 2 is 0.729 bits per heavy atom. The lowest BCUT2D eigenvalue weighted by molar-refractivity contribution is 0.768. The van der Waals surface area contributed by atoms with E-state index in [1.54, 1.807) is 0 Å². The van der Waals surface area contributed by atoms with Gasteiger partial charge in [-0.3, -0.25) is 0 Å². The molecule has 0 spiro atoms. The monoisotopic (exact) mass is 892 g/mol. The highest BCUT2D eigenvalue weighted by Gasteiger charge is 2.45. The molecule has 0 fully saturated rings. The number of anilines is 5. The Labute approximate surface area is 410 Å². The number of fused-ring (bicyclic) bond motifs is 6. The van der Waals surface area contributed by atoms with Crippen molar-refractivity contribution in [3.8, 4) is 55.6 Å². The van der Waals surface area contributed by atoms with Crippen LogP contribution in [0.3, 0.4) is 0 Å². The van der Waals surface area contributed by atoms with E-state index in [9.17, 15) is 0 Å². The van der Waals surface area contributed by atoms with Gasteiger partial charge >= 0.3 is 0 Å². The largest absolute Gasteiger partial charge is 0.336 e.